The van der Waals surface area contributed by atoms with Gasteiger partial charge in [-0.05, 0) is 31.0 Å². The first-order valence-corrected chi connectivity index (χ1v) is 7.79. The van der Waals surface area contributed by atoms with Gasteiger partial charge in [0.1, 0.15) is 5.82 Å². The van der Waals surface area contributed by atoms with Crippen molar-refractivity contribution in [1.82, 2.24) is 4.90 Å². The predicted octanol–water partition coefficient (Wildman–Crippen LogP) is 3.68. The smallest absolute Gasteiger partial charge is 0.256 e. The number of benzene rings is 1. The Balaban J connectivity index is 3.00. The van der Waals surface area contributed by atoms with Crippen LogP contribution in [0.5, 0.6) is 0 Å². The maximum Gasteiger partial charge on any atom is 0.256 e. The Bertz CT molecular complexity index is 527. The zero-order chi connectivity index (χ0) is 16.7. The fraction of sp³-hybridized carbons (Fsp3) is 0.529. The molecule has 0 radical (unpaired) electrons. The largest absolute Gasteiger partial charge is 0.339 e. The Labute approximate surface area is 131 Å². The molecule has 4 nitrogen and oxygen atoms in total. The van der Waals surface area contributed by atoms with E-state index in [2.05, 4.69) is 19.2 Å². The summed E-state index contributed by atoms with van der Waals surface area (Å²) in [5.41, 5.74) is 0.426. The van der Waals surface area contributed by atoms with Crippen LogP contribution in [0.1, 0.15) is 50.9 Å². The molecule has 0 aromatic heterocycles. The highest BCUT2D eigenvalue weighted by atomic mass is 19.1. The van der Waals surface area contributed by atoms with Gasteiger partial charge in [0.25, 0.3) is 5.91 Å². The normalized spacial score (nSPS) is 10.6. The Morgan fingerprint density at radius 1 is 1.23 bits per heavy atom. The van der Waals surface area contributed by atoms with Crippen molar-refractivity contribution in [3.05, 3.63) is 29.6 Å². The fourth-order valence-electron chi connectivity index (χ4n) is 2.35. The Kier molecular flexibility index (Phi) is 7.02. The van der Waals surface area contributed by atoms with E-state index in [1.165, 1.54) is 25.1 Å². The first-order valence-electron chi connectivity index (χ1n) is 7.79. The van der Waals surface area contributed by atoms with Crippen molar-refractivity contribution < 1.29 is 14.0 Å². The van der Waals surface area contributed by atoms with Gasteiger partial charge in [0.2, 0.25) is 5.91 Å². The highest BCUT2D eigenvalue weighted by Gasteiger charge is 2.21. The molecule has 5 heteroatoms. The van der Waals surface area contributed by atoms with Gasteiger partial charge in [-0.1, -0.05) is 26.7 Å². The third-order valence-corrected chi connectivity index (χ3v) is 3.82. The van der Waals surface area contributed by atoms with Crippen molar-refractivity contribution in [3.8, 4) is 0 Å². The van der Waals surface area contributed by atoms with E-state index in [4.69, 9.17) is 0 Å². The minimum absolute atomic E-state index is 0.000874. The summed E-state index contributed by atoms with van der Waals surface area (Å²) < 4.78 is 14.0. The number of rotatable bonds is 7. The first-order chi connectivity index (χ1) is 10.4. The van der Waals surface area contributed by atoms with Gasteiger partial charge in [-0.25, -0.2) is 4.39 Å². The van der Waals surface area contributed by atoms with E-state index in [0.717, 1.165) is 12.8 Å². The van der Waals surface area contributed by atoms with Crippen LogP contribution < -0.4 is 5.32 Å². The molecule has 22 heavy (non-hydrogen) atoms. The number of nitrogens with one attached hydrogen (secondary N) is 1. The van der Waals surface area contributed by atoms with Gasteiger partial charge in [0.05, 0.1) is 5.56 Å². The topological polar surface area (TPSA) is 49.4 Å². The molecule has 0 aliphatic rings. The van der Waals surface area contributed by atoms with E-state index >= 15 is 0 Å². The summed E-state index contributed by atoms with van der Waals surface area (Å²) in [4.78, 5) is 25.3. The summed E-state index contributed by atoms with van der Waals surface area (Å²) in [5.74, 6) is -0.749. The maximum atomic E-state index is 14.0. The second-order valence-electron chi connectivity index (χ2n) is 5.40. The molecule has 1 N–H and O–H groups in total. The molecule has 0 aliphatic heterocycles. The highest BCUT2D eigenvalue weighted by Crippen LogP contribution is 2.18. The molecule has 0 saturated carbocycles. The van der Waals surface area contributed by atoms with E-state index in [-0.39, 0.29) is 17.4 Å². The molecule has 122 valence electrons. The maximum absolute atomic E-state index is 14.0. The van der Waals surface area contributed by atoms with Crippen molar-refractivity contribution in [1.29, 1.82) is 0 Å². The lowest BCUT2D eigenvalue weighted by Crippen LogP contribution is -2.35. The van der Waals surface area contributed by atoms with Crippen molar-refractivity contribution in [2.75, 3.05) is 18.4 Å². The third-order valence-electron chi connectivity index (χ3n) is 3.82. The molecule has 0 bridgehead atoms. The van der Waals surface area contributed by atoms with Crippen LogP contribution in [-0.2, 0) is 4.79 Å². The molecule has 2 amide bonds. The Morgan fingerprint density at radius 3 is 2.36 bits per heavy atom. The summed E-state index contributed by atoms with van der Waals surface area (Å²) >= 11 is 0. The number of anilines is 1. The number of hydrogen-bond donors (Lipinski definition) is 1. The quantitative estimate of drug-likeness (QED) is 0.835. The Hall–Kier alpha value is -1.91. The number of carbonyl (C=O) groups excluding carboxylic acids is 2. The lowest BCUT2D eigenvalue weighted by molar-refractivity contribution is -0.114. The summed E-state index contributed by atoms with van der Waals surface area (Å²) in [6.45, 7) is 8.58. The first kappa shape index (κ1) is 18.1. The monoisotopic (exact) mass is 308 g/mol. The molecular weight excluding hydrogens is 283 g/mol. The molecule has 0 saturated heterocycles. The van der Waals surface area contributed by atoms with Crippen LogP contribution in [-0.4, -0.2) is 29.8 Å². The van der Waals surface area contributed by atoms with Crippen LogP contribution in [0.2, 0.25) is 0 Å². The molecule has 1 aromatic rings. The number of carbonyl (C=O) groups is 2. The summed E-state index contributed by atoms with van der Waals surface area (Å²) in [5, 5.41) is 2.57. The molecule has 0 spiro atoms. The van der Waals surface area contributed by atoms with Gasteiger partial charge in [0.15, 0.2) is 0 Å². The standard InChI is InChI=1S/C17H25FN2O2/c1-5-13(6-2)11-20(7-3)17(22)15-10-14(19-12(4)21)8-9-16(15)18/h8-10,13H,5-7,11H2,1-4H3,(H,19,21). The molecule has 1 aromatic carbocycles. The number of hydrogen-bond acceptors (Lipinski definition) is 2. The van der Waals surface area contributed by atoms with Crippen LogP contribution in [0.25, 0.3) is 0 Å². The molecule has 0 aliphatic carbocycles. The zero-order valence-electron chi connectivity index (χ0n) is 13.8. The van der Waals surface area contributed by atoms with E-state index in [9.17, 15) is 14.0 Å². The highest BCUT2D eigenvalue weighted by molar-refractivity contribution is 5.97. The van der Waals surface area contributed by atoms with Crippen molar-refractivity contribution in [2.24, 2.45) is 5.92 Å². The van der Waals surface area contributed by atoms with Gasteiger partial charge in [-0.15, -0.1) is 0 Å². The van der Waals surface area contributed by atoms with E-state index in [1.807, 2.05) is 6.92 Å². The fourth-order valence-corrected chi connectivity index (χ4v) is 2.35. The van der Waals surface area contributed by atoms with Gasteiger partial charge >= 0.3 is 0 Å². The minimum atomic E-state index is -0.568. The van der Waals surface area contributed by atoms with Crippen LogP contribution in [0.15, 0.2) is 18.2 Å². The Morgan fingerprint density at radius 2 is 1.86 bits per heavy atom. The zero-order valence-corrected chi connectivity index (χ0v) is 13.8. The summed E-state index contributed by atoms with van der Waals surface area (Å²) in [6, 6.07) is 4.06. The second kappa shape index (κ2) is 8.51. The average Bonchev–Trinajstić information content (AvgIpc) is 2.49. The number of amides is 2. The summed E-state index contributed by atoms with van der Waals surface area (Å²) in [6.07, 6.45) is 1.96. The van der Waals surface area contributed by atoms with Gasteiger partial charge < -0.3 is 10.2 Å². The lowest BCUT2D eigenvalue weighted by Gasteiger charge is -2.26. The van der Waals surface area contributed by atoms with Gasteiger partial charge in [-0.3, -0.25) is 9.59 Å². The lowest BCUT2D eigenvalue weighted by atomic mass is 10.0. The van der Waals surface area contributed by atoms with E-state index in [0.29, 0.717) is 24.7 Å². The van der Waals surface area contributed by atoms with Crippen molar-refractivity contribution in [3.63, 3.8) is 0 Å². The van der Waals surface area contributed by atoms with E-state index in [1.54, 1.807) is 4.90 Å². The van der Waals surface area contributed by atoms with E-state index < -0.39 is 5.82 Å². The third kappa shape index (κ3) is 4.83. The minimum Gasteiger partial charge on any atom is -0.339 e. The molecule has 0 unspecified atom stereocenters. The predicted molar refractivity (Wildman–Crippen MR) is 86.4 cm³/mol. The molecule has 1 rings (SSSR count). The van der Waals surface area contributed by atoms with Crippen LogP contribution in [0.3, 0.4) is 0 Å². The molecular formula is C17H25FN2O2. The second-order valence-corrected chi connectivity index (χ2v) is 5.40. The average molecular weight is 308 g/mol. The summed E-state index contributed by atoms with van der Waals surface area (Å²) in [7, 11) is 0. The number of halogens is 1. The molecule has 0 atom stereocenters. The number of nitrogens with zero attached hydrogens (tertiary/aromatic N) is 1. The van der Waals surface area contributed by atoms with Gasteiger partial charge in [0, 0.05) is 25.7 Å². The SMILES string of the molecule is CCC(CC)CN(CC)C(=O)c1cc(NC(C)=O)ccc1F. The van der Waals surface area contributed by atoms with Gasteiger partial charge in [-0.2, -0.15) is 0 Å². The van der Waals surface area contributed by atoms with Crippen molar-refractivity contribution >= 4 is 17.5 Å². The van der Waals surface area contributed by atoms with Crippen LogP contribution in [0, 0.1) is 11.7 Å². The van der Waals surface area contributed by atoms with Crippen LogP contribution in [0.4, 0.5) is 10.1 Å². The molecule has 0 fully saturated rings. The molecule has 0 heterocycles. The van der Waals surface area contributed by atoms with Crippen molar-refractivity contribution in [2.45, 2.75) is 40.5 Å². The van der Waals surface area contributed by atoms with Crippen LogP contribution >= 0.6 is 0 Å².